The average molecular weight is 374 g/mol. The van der Waals surface area contributed by atoms with Crippen LogP contribution in [0.15, 0.2) is 53.7 Å². The second kappa shape index (κ2) is 8.57. The van der Waals surface area contributed by atoms with Crippen molar-refractivity contribution in [2.24, 2.45) is 16.6 Å². The Labute approximate surface area is 165 Å². The minimum absolute atomic E-state index is 0.184. The maximum atomic E-state index is 8.82. The van der Waals surface area contributed by atoms with Crippen LogP contribution in [-0.4, -0.2) is 16.0 Å². The molecule has 2 aromatic rings. The van der Waals surface area contributed by atoms with E-state index in [1.165, 1.54) is 12.8 Å². The third kappa shape index (κ3) is 4.68. The molecule has 28 heavy (non-hydrogen) atoms. The number of nitrogens with two attached hydrogens (primary N) is 1. The number of rotatable bonds is 7. The summed E-state index contributed by atoms with van der Waals surface area (Å²) in [6.07, 6.45) is 4.38. The zero-order chi connectivity index (χ0) is 20.1. The molecule has 0 atom stereocenters. The van der Waals surface area contributed by atoms with E-state index in [2.05, 4.69) is 42.0 Å². The quantitative estimate of drug-likeness (QED) is 0.500. The van der Waals surface area contributed by atoms with Gasteiger partial charge in [0.2, 0.25) is 0 Å². The molecule has 4 N–H and O–H groups in total. The van der Waals surface area contributed by atoms with E-state index in [0.29, 0.717) is 29.7 Å². The van der Waals surface area contributed by atoms with Crippen molar-refractivity contribution in [1.29, 1.82) is 5.26 Å². The second-order valence-electron chi connectivity index (χ2n) is 7.33. The third-order valence-corrected chi connectivity index (χ3v) is 4.76. The Hall–Kier alpha value is -3.33. The zero-order valence-corrected chi connectivity index (χ0v) is 16.4. The summed E-state index contributed by atoms with van der Waals surface area (Å²) in [5, 5.41) is 19.5. The summed E-state index contributed by atoms with van der Waals surface area (Å²) in [4.78, 5) is 4.71. The van der Waals surface area contributed by atoms with Gasteiger partial charge in [0, 0.05) is 35.1 Å². The first kappa shape index (κ1) is 19.4. The normalized spacial score (nSPS) is 14.8. The van der Waals surface area contributed by atoms with Crippen LogP contribution in [-0.2, 0) is 6.42 Å². The maximum absolute atomic E-state index is 8.82. The van der Waals surface area contributed by atoms with Crippen molar-refractivity contribution in [2.45, 2.75) is 39.0 Å². The van der Waals surface area contributed by atoms with Crippen molar-refractivity contribution < 1.29 is 0 Å². The van der Waals surface area contributed by atoms with E-state index in [4.69, 9.17) is 16.0 Å². The number of benzene rings is 1. The van der Waals surface area contributed by atoms with Gasteiger partial charge in [-0.05, 0) is 29.9 Å². The van der Waals surface area contributed by atoms with E-state index >= 15 is 0 Å². The molecule has 0 spiro atoms. The molecule has 1 fully saturated rings. The summed E-state index contributed by atoms with van der Waals surface area (Å²) in [5.41, 5.74) is 10.5. The van der Waals surface area contributed by atoms with Gasteiger partial charge in [-0.25, -0.2) is 4.99 Å². The van der Waals surface area contributed by atoms with Crippen LogP contribution < -0.4 is 11.1 Å². The monoisotopic (exact) mass is 374 g/mol. The summed E-state index contributed by atoms with van der Waals surface area (Å²) in [6.45, 7) is 8.28. The lowest BCUT2D eigenvalue weighted by atomic mass is 10.0. The number of amidine groups is 1. The Morgan fingerprint density at radius 3 is 2.71 bits per heavy atom. The van der Waals surface area contributed by atoms with Gasteiger partial charge in [-0.15, -0.1) is 0 Å². The number of aromatic nitrogens is 2. The molecular weight excluding hydrogens is 348 g/mol. The van der Waals surface area contributed by atoms with Gasteiger partial charge < -0.3 is 11.1 Å². The lowest BCUT2D eigenvalue weighted by Gasteiger charge is -2.17. The topological polar surface area (TPSA) is 103 Å². The van der Waals surface area contributed by atoms with Crippen molar-refractivity contribution in [2.75, 3.05) is 0 Å². The smallest absolute Gasteiger partial charge is 0.175 e. The summed E-state index contributed by atoms with van der Waals surface area (Å²) in [6, 6.07) is 11.9. The number of nitrogens with zero attached hydrogens (tertiary/aromatic N) is 3. The maximum Gasteiger partial charge on any atom is 0.175 e. The first-order chi connectivity index (χ1) is 13.5. The van der Waals surface area contributed by atoms with Crippen LogP contribution in [0.25, 0.3) is 5.70 Å². The number of nitrogens with one attached hydrogen (secondary N) is 2. The summed E-state index contributed by atoms with van der Waals surface area (Å²) in [7, 11) is 0. The van der Waals surface area contributed by atoms with Crippen molar-refractivity contribution in [3.05, 3.63) is 65.5 Å². The largest absolute Gasteiger partial charge is 0.404 e. The van der Waals surface area contributed by atoms with Gasteiger partial charge in [0.25, 0.3) is 0 Å². The van der Waals surface area contributed by atoms with Crippen LogP contribution in [0, 0.1) is 17.2 Å². The van der Waals surface area contributed by atoms with Gasteiger partial charge in [-0.2, -0.15) is 10.4 Å². The molecule has 6 nitrogen and oxygen atoms in total. The summed E-state index contributed by atoms with van der Waals surface area (Å²) in [5.74, 6) is 2.03. The predicted octanol–water partition coefficient (Wildman–Crippen LogP) is 4.14. The minimum Gasteiger partial charge on any atom is -0.404 e. The fourth-order valence-electron chi connectivity index (χ4n) is 2.94. The highest BCUT2D eigenvalue weighted by atomic mass is 15.2. The van der Waals surface area contributed by atoms with E-state index in [1.807, 2.05) is 30.3 Å². The lowest BCUT2D eigenvalue weighted by Crippen LogP contribution is -2.26. The first-order valence-corrected chi connectivity index (χ1v) is 9.50. The third-order valence-electron chi connectivity index (χ3n) is 4.76. The Morgan fingerprint density at radius 1 is 1.43 bits per heavy atom. The lowest BCUT2D eigenvalue weighted by molar-refractivity contribution is 0.794. The van der Waals surface area contributed by atoms with Gasteiger partial charge in [0.1, 0.15) is 5.84 Å². The highest BCUT2D eigenvalue weighted by Gasteiger charge is 2.25. The molecule has 1 aromatic carbocycles. The standard InChI is InChI=1S/C22H26N6/c1-14(2)19(13-24)22(26-21-12-20(27-28-21)18-8-9-18)25-15(3)17-6-4-16(5-7-17)10-11-23/h4-7,12-14,18H,3,8-10,24H2,1-2H3,(H2,25,26,27,28)/b19-13-. The number of hydrogen-bond acceptors (Lipinski definition) is 4. The van der Waals surface area contributed by atoms with Crippen LogP contribution >= 0.6 is 0 Å². The molecule has 1 aliphatic carbocycles. The second-order valence-corrected chi connectivity index (χ2v) is 7.33. The zero-order valence-electron chi connectivity index (χ0n) is 16.4. The summed E-state index contributed by atoms with van der Waals surface area (Å²) >= 11 is 0. The van der Waals surface area contributed by atoms with E-state index < -0.39 is 0 Å². The molecule has 1 heterocycles. The number of aromatic amines is 1. The molecule has 0 aliphatic heterocycles. The molecule has 0 bridgehead atoms. The Bertz CT molecular complexity index is 936. The van der Waals surface area contributed by atoms with Gasteiger partial charge in [-0.1, -0.05) is 44.7 Å². The van der Waals surface area contributed by atoms with Crippen LogP contribution in [0.3, 0.4) is 0 Å². The minimum atomic E-state index is 0.184. The van der Waals surface area contributed by atoms with Crippen LogP contribution in [0.5, 0.6) is 0 Å². The highest BCUT2D eigenvalue weighted by Crippen LogP contribution is 2.39. The molecule has 6 heteroatoms. The van der Waals surface area contributed by atoms with Crippen LogP contribution in [0.1, 0.15) is 49.4 Å². The number of aliphatic imine (C=N–C) groups is 1. The summed E-state index contributed by atoms with van der Waals surface area (Å²) < 4.78 is 0. The van der Waals surface area contributed by atoms with E-state index in [0.717, 1.165) is 22.4 Å². The van der Waals surface area contributed by atoms with E-state index in [-0.39, 0.29) is 5.92 Å². The fraction of sp³-hybridized carbons (Fsp3) is 0.318. The molecule has 0 saturated heterocycles. The van der Waals surface area contributed by atoms with Gasteiger partial charge in [-0.3, -0.25) is 5.10 Å². The Balaban J connectivity index is 1.84. The van der Waals surface area contributed by atoms with Crippen molar-refractivity contribution >= 4 is 17.4 Å². The molecule has 1 aromatic heterocycles. The molecule has 3 rings (SSSR count). The SMILES string of the molecule is C=C(NC(=Nc1cc(C2CC2)[nH]n1)/C(=C\N)C(C)C)c1ccc(CC#N)cc1. The first-order valence-electron chi connectivity index (χ1n) is 9.50. The molecule has 0 amide bonds. The van der Waals surface area contributed by atoms with Gasteiger partial charge in [0.05, 0.1) is 12.5 Å². The van der Waals surface area contributed by atoms with Crippen molar-refractivity contribution in [3.63, 3.8) is 0 Å². The Kier molecular flexibility index (Phi) is 5.95. The fourth-order valence-corrected chi connectivity index (χ4v) is 2.94. The van der Waals surface area contributed by atoms with Crippen LogP contribution in [0.4, 0.5) is 5.82 Å². The molecule has 1 saturated carbocycles. The van der Waals surface area contributed by atoms with Crippen molar-refractivity contribution in [1.82, 2.24) is 15.5 Å². The van der Waals surface area contributed by atoms with E-state index in [1.54, 1.807) is 6.20 Å². The van der Waals surface area contributed by atoms with E-state index in [9.17, 15) is 0 Å². The molecule has 144 valence electrons. The molecule has 1 aliphatic rings. The van der Waals surface area contributed by atoms with Gasteiger partial charge in [0.15, 0.2) is 5.82 Å². The highest BCUT2D eigenvalue weighted by molar-refractivity contribution is 6.04. The molecule has 0 radical (unpaired) electrons. The number of H-pyrrole nitrogens is 1. The molecule has 0 unspecified atom stereocenters. The van der Waals surface area contributed by atoms with Gasteiger partial charge >= 0.3 is 0 Å². The van der Waals surface area contributed by atoms with Crippen molar-refractivity contribution in [3.8, 4) is 6.07 Å². The number of nitriles is 1. The predicted molar refractivity (Wildman–Crippen MR) is 113 cm³/mol. The molecular formula is C22H26N6. The average Bonchev–Trinajstić information content (AvgIpc) is 3.42. The number of hydrogen-bond donors (Lipinski definition) is 3. The van der Waals surface area contributed by atoms with Crippen LogP contribution in [0.2, 0.25) is 0 Å². The Morgan fingerprint density at radius 2 is 2.14 bits per heavy atom.